The van der Waals surface area contributed by atoms with Crippen LogP contribution in [-0.4, -0.2) is 113 Å². The maximum Gasteiger partial charge on any atom is 0.320 e. The molecule has 0 aromatic heterocycles. The zero-order chi connectivity index (χ0) is 43.3. The Hall–Kier alpha value is -6.61. The number of ether oxygens (including phenoxy) is 5. The van der Waals surface area contributed by atoms with Crippen LogP contribution in [0.3, 0.4) is 0 Å². The maximum atomic E-state index is 13.5. The number of para-hydroxylation sites is 4. The largest absolute Gasteiger partial charge is 0.483 e. The Kier molecular flexibility index (Phi) is 14.9. The molecule has 3 heterocycles. The molecular weight excluding hydrogens is 795 g/mol. The van der Waals surface area contributed by atoms with E-state index in [9.17, 15) is 24.0 Å². The van der Waals surface area contributed by atoms with E-state index in [0.29, 0.717) is 81.3 Å². The van der Waals surface area contributed by atoms with Gasteiger partial charge in [0.05, 0.1) is 13.2 Å². The van der Waals surface area contributed by atoms with E-state index in [1.54, 1.807) is 11.8 Å². The molecule has 0 unspecified atom stereocenters. The van der Waals surface area contributed by atoms with Crippen LogP contribution in [0.15, 0.2) is 72.8 Å². The standard InChI is InChI=1S/C47H53N5O10/c1-2-58-43(57)26-52-20-18-50-41(55)29-61-46-35-12-5-14-37(46)24-33-10-4-11-34-25-38-15-6-13-36(47(38)62-30-42(56)51-19-21-52)23-32-9-3-8-31(22-35)44(32)59-27-39(53)48-16-7-17-49-40(54)28-60-45(33)34/h3-6,8-15H,2,7,16-30H2,1H3,(H,48,53)(H,49,54)(H,50,55)(H,51,56). The molecule has 4 amide bonds. The first-order chi connectivity index (χ1) is 30.2. The molecule has 0 spiro atoms. The molecule has 4 N–H and O–H groups in total. The Bertz CT molecular complexity index is 2050. The molecule has 4 aromatic carbocycles. The third-order valence-corrected chi connectivity index (χ3v) is 10.8. The van der Waals surface area contributed by atoms with E-state index in [2.05, 4.69) is 21.3 Å². The highest BCUT2D eigenvalue weighted by atomic mass is 16.5. The Morgan fingerprint density at radius 3 is 1.08 bits per heavy atom. The SMILES string of the molecule is CCOC(=O)CN1CCNC(=O)COc2c3cccc2Cc2cccc4c2OCC(=O)NCCCNC(=O)COc2c(cccc2Cc2cccc(c2OCC(=O)NCC1)C4)C3. The summed E-state index contributed by atoms with van der Waals surface area (Å²) in [5.41, 5.74) is 6.28. The summed E-state index contributed by atoms with van der Waals surface area (Å²) < 4.78 is 31.0. The predicted molar refractivity (Wildman–Crippen MR) is 229 cm³/mol. The minimum atomic E-state index is -0.412. The van der Waals surface area contributed by atoms with Crippen molar-refractivity contribution in [3.8, 4) is 23.0 Å². The number of nitrogens with one attached hydrogen (secondary N) is 4. The summed E-state index contributed by atoms with van der Waals surface area (Å²) >= 11 is 0. The quantitative estimate of drug-likeness (QED) is 0.155. The number of hydrogen-bond acceptors (Lipinski definition) is 11. The molecule has 1 aliphatic carbocycles. The van der Waals surface area contributed by atoms with E-state index in [1.165, 1.54) is 0 Å². The van der Waals surface area contributed by atoms with Crippen LogP contribution < -0.4 is 40.2 Å². The van der Waals surface area contributed by atoms with Crippen molar-refractivity contribution >= 4 is 29.6 Å². The molecule has 4 aromatic rings. The maximum absolute atomic E-state index is 13.5. The zero-order valence-corrected chi connectivity index (χ0v) is 35.0. The minimum Gasteiger partial charge on any atom is -0.483 e. The Morgan fingerprint density at radius 2 is 0.790 bits per heavy atom. The van der Waals surface area contributed by atoms with Gasteiger partial charge in [0.25, 0.3) is 23.6 Å². The van der Waals surface area contributed by atoms with Crippen molar-refractivity contribution in [1.29, 1.82) is 0 Å². The fourth-order valence-electron chi connectivity index (χ4n) is 7.89. The van der Waals surface area contributed by atoms with E-state index in [0.717, 1.165) is 44.5 Å². The molecule has 326 valence electrons. The van der Waals surface area contributed by atoms with Gasteiger partial charge in [0.2, 0.25) is 0 Å². The van der Waals surface area contributed by atoms with Crippen molar-refractivity contribution in [3.05, 3.63) is 117 Å². The normalized spacial score (nSPS) is 17.1. The molecule has 8 rings (SSSR count). The number of esters is 1. The van der Waals surface area contributed by atoms with Gasteiger partial charge in [0, 0.05) is 65.0 Å². The molecule has 62 heavy (non-hydrogen) atoms. The lowest BCUT2D eigenvalue weighted by Crippen LogP contribution is -2.43. The van der Waals surface area contributed by atoms with E-state index >= 15 is 0 Å². The number of nitrogens with zero attached hydrogens (tertiary/aromatic N) is 1. The number of amides is 4. The second-order valence-electron chi connectivity index (χ2n) is 15.3. The molecule has 0 fully saturated rings. The minimum absolute atomic E-state index is 0.0207. The van der Waals surface area contributed by atoms with Crippen molar-refractivity contribution in [2.24, 2.45) is 0 Å². The number of benzene rings is 4. The summed E-state index contributed by atoms with van der Waals surface area (Å²) in [6.45, 7) is 2.51. The van der Waals surface area contributed by atoms with Crippen molar-refractivity contribution in [1.82, 2.24) is 26.2 Å². The summed E-state index contributed by atoms with van der Waals surface area (Å²) in [5.74, 6) is 0.271. The van der Waals surface area contributed by atoms with Crippen LogP contribution in [0, 0.1) is 0 Å². The lowest BCUT2D eigenvalue weighted by Gasteiger charge is -2.23. The molecule has 15 nitrogen and oxygen atoms in total. The van der Waals surface area contributed by atoms with E-state index in [-0.39, 0.29) is 76.3 Å². The fraction of sp³-hybridized carbons (Fsp3) is 0.383. The molecule has 0 radical (unpaired) electrons. The van der Waals surface area contributed by atoms with Gasteiger partial charge < -0.3 is 45.0 Å². The smallest absolute Gasteiger partial charge is 0.320 e. The van der Waals surface area contributed by atoms with Gasteiger partial charge in [0.1, 0.15) is 23.0 Å². The number of fused-ring (bicyclic) bond motifs is 12. The number of rotatable bonds is 3. The Labute approximate surface area is 360 Å². The molecular formula is C47H53N5O10. The molecule has 0 atom stereocenters. The van der Waals surface area contributed by atoms with Crippen molar-refractivity contribution < 1.29 is 47.7 Å². The summed E-state index contributed by atoms with van der Waals surface area (Å²) in [7, 11) is 0. The summed E-state index contributed by atoms with van der Waals surface area (Å²) in [5, 5.41) is 11.6. The van der Waals surface area contributed by atoms with Crippen molar-refractivity contribution in [2.75, 3.05) is 78.8 Å². The summed E-state index contributed by atoms with van der Waals surface area (Å²) in [6.07, 6.45) is 1.81. The van der Waals surface area contributed by atoms with Crippen LogP contribution in [0.4, 0.5) is 0 Å². The second-order valence-corrected chi connectivity index (χ2v) is 15.3. The topological polar surface area (TPSA) is 183 Å². The van der Waals surface area contributed by atoms with Gasteiger partial charge in [-0.2, -0.15) is 0 Å². The fourth-order valence-corrected chi connectivity index (χ4v) is 7.89. The van der Waals surface area contributed by atoms with Crippen LogP contribution in [0.25, 0.3) is 0 Å². The van der Waals surface area contributed by atoms with Gasteiger partial charge in [-0.15, -0.1) is 0 Å². The van der Waals surface area contributed by atoms with Crippen molar-refractivity contribution in [3.63, 3.8) is 0 Å². The highest BCUT2D eigenvalue weighted by molar-refractivity contribution is 5.79. The van der Waals surface area contributed by atoms with Gasteiger partial charge in [-0.25, -0.2) is 0 Å². The number of carbonyl (C=O) groups excluding carboxylic acids is 5. The first-order valence-electron chi connectivity index (χ1n) is 21.1. The highest BCUT2D eigenvalue weighted by Gasteiger charge is 2.24. The van der Waals surface area contributed by atoms with Gasteiger partial charge in [-0.05, 0) is 57.9 Å². The van der Waals surface area contributed by atoms with Gasteiger partial charge in [-0.3, -0.25) is 28.9 Å². The highest BCUT2D eigenvalue weighted by Crippen LogP contribution is 2.39. The van der Waals surface area contributed by atoms with Crippen LogP contribution in [0.5, 0.6) is 23.0 Å². The molecule has 0 saturated carbocycles. The third-order valence-electron chi connectivity index (χ3n) is 10.8. The van der Waals surface area contributed by atoms with Gasteiger partial charge in [-0.1, -0.05) is 72.8 Å². The molecule has 12 bridgehead atoms. The third kappa shape index (κ3) is 11.6. The monoisotopic (exact) mass is 847 g/mol. The van der Waals surface area contributed by atoms with Crippen LogP contribution in [0.2, 0.25) is 0 Å². The lowest BCUT2D eigenvalue weighted by atomic mass is 9.91. The van der Waals surface area contributed by atoms with E-state index in [4.69, 9.17) is 23.7 Å². The zero-order valence-electron chi connectivity index (χ0n) is 35.0. The van der Waals surface area contributed by atoms with Crippen LogP contribution >= 0.6 is 0 Å². The van der Waals surface area contributed by atoms with E-state index in [1.807, 2.05) is 72.8 Å². The Morgan fingerprint density at radius 1 is 0.500 bits per heavy atom. The second kappa shape index (κ2) is 21.3. The van der Waals surface area contributed by atoms with Gasteiger partial charge in [0.15, 0.2) is 26.4 Å². The van der Waals surface area contributed by atoms with Crippen LogP contribution in [0.1, 0.15) is 57.9 Å². The summed E-state index contributed by atoms with van der Waals surface area (Å²) in [6, 6.07) is 23.3. The summed E-state index contributed by atoms with van der Waals surface area (Å²) in [4.78, 5) is 67.5. The van der Waals surface area contributed by atoms with E-state index < -0.39 is 5.97 Å². The number of carbonyl (C=O) groups is 5. The molecule has 0 saturated heterocycles. The van der Waals surface area contributed by atoms with Crippen LogP contribution in [-0.2, 0) is 54.4 Å². The Balaban J connectivity index is 1.39. The average Bonchev–Trinajstić information content (AvgIpc) is 3.24. The molecule has 3 aliphatic heterocycles. The lowest BCUT2D eigenvalue weighted by molar-refractivity contribution is -0.144. The molecule has 15 heteroatoms. The first kappa shape index (κ1) is 43.5. The average molecular weight is 848 g/mol. The molecule has 4 aliphatic rings. The first-order valence-corrected chi connectivity index (χ1v) is 21.1. The predicted octanol–water partition coefficient (Wildman–Crippen LogP) is 2.63. The number of hydrogen-bond donors (Lipinski definition) is 4. The van der Waals surface area contributed by atoms with Gasteiger partial charge >= 0.3 is 5.97 Å². The van der Waals surface area contributed by atoms with Crippen molar-refractivity contribution in [2.45, 2.75) is 39.0 Å².